The Morgan fingerprint density at radius 1 is 1.78 bits per heavy atom. The Balaban J connectivity index is 0. The average Bonchev–Trinajstić information content (AvgIpc) is 1.63. The first-order valence-corrected chi connectivity index (χ1v) is 3.25. The van der Waals surface area contributed by atoms with Gasteiger partial charge in [-0.05, 0) is 27.4 Å². The number of hydrogen-bond donors (Lipinski definition) is 1. The fourth-order valence-electron chi connectivity index (χ4n) is 0.538. The van der Waals surface area contributed by atoms with Crippen LogP contribution in [0.5, 0.6) is 0 Å². The molecule has 0 rings (SSSR count). The molecule has 0 heterocycles. The van der Waals surface area contributed by atoms with E-state index in [4.69, 9.17) is 4.74 Å². The summed E-state index contributed by atoms with van der Waals surface area (Å²) < 4.78 is 5.05. The highest BCUT2D eigenvalue weighted by molar-refractivity contribution is 4.79. The zero-order chi connectivity index (χ0) is 7.28. The monoisotopic (exact) mass is 131 g/mol. The summed E-state index contributed by atoms with van der Waals surface area (Å²) in [5, 5.41) is 3.03. The van der Waals surface area contributed by atoms with E-state index in [1.807, 2.05) is 20.8 Å². The number of ether oxygens (including phenoxy) is 1. The molecule has 0 fully saturated rings. The quantitative estimate of drug-likeness (QED) is 0.587. The van der Waals surface area contributed by atoms with Crippen LogP contribution < -0.4 is 5.32 Å². The second kappa shape index (κ2) is 4.24. The topological polar surface area (TPSA) is 21.3 Å². The molecule has 9 heavy (non-hydrogen) atoms. The lowest BCUT2D eigenvalue weighted by Gasteiger charge is -2.11. The zero-order valence-corrected chi connectivity index (χ0v) is 6.40. The van der Waals surface area contributed by atoms with E-state index < -0.39 is 0 Å². The lowest BCUT2D eigenvalue weighted by atomic mass is 10.4. The Labute approximate surface area is 58.4 Å². The number of hydrogen-bond acceptors (Lipinski definition) is 2. The molecule has 0 aliphatic heterocycles. The molecule has 0 bridgehead atoms. The van der Waals surface area contributed by atoms with E-state index in [9.17, 15) is 0 Å². The van der Waals surface area contributed by atoms with Gasteiger partial charge in [-0.15, -0.1) is 0 Å². The van der Waals surface area contributed by atoms with Crippen LogP contribution in [0.4, 0.5) is 0 Å². The average molecular weight is 131 g/mol. The first-order valence-electron chi connectivity index (χ1n) is 3.25. The van der Waals surface area contributed by atoms with Crippen LogP contribution in [-0.2, 0) is 4.74 Å². The highest BCUT2D eigenvalue weighted by atomic mass is 16.5. The van der Waals surface area contributed by atoms with Crippen molar-refractivity contribution in [3.63, 3.8) is 0 Å². The predicted molar refractivity (Wildman–Crippen MR) is 41.2 cm³/mol. The molecule has 0 spiro atoms. The molecule has 0 amide bonds. The van der Waals surface area contributed by atoms with Crippen LogP contribution in [0.25, 0.3) is 0 Å². The van der Waals surface area contributed by atoms with Crippen LogP contribution >= 0.6 is 0 Å². The van der Waals surface area contributed by atoms with Gasteiger partial charge in [0.2, 0.25) is 0 Å². The maximum atomic E-state index is 5.05. The molecular weight excluding hydrogens is 114 g/mol. The van der Waals surface area contributed by atoms with Gasteiger partial charge in [-0.25, -0.2) is 0 Å². The minimum Gasteiger partial charge on any atom is -0.480 e. The van der Waals surface area contributed by atoms with Gasteiger partial charge in [0.1, 0.15) is 0 Å². The Morgan fingerprint density at radius 2 is 2.33 bits per heavy atom. The van der Waals surface area contributed by atoms with E-state index in [0.717, 1.165) is 0 Å². The van der Waals surface area contributed by atoms with E-state index in [1.165, 1.54) is 0 Å². The normalized spacial score (nSPS) is 9.33. The van der Waals surface area contributed by atoms with Gasteiger partial charge in [0, 0.05) is 7.47 Å². The smallest absolute Gasteiger partial charge is 0.179 e. The van der Waals surface area contributed by atoms with E-state index in [1.54, 1.807) is 0 Å². The molecule has 0 saturated carbocycles. The fourth-order valence-corrected chi connectivity index (χ4v) is 0.538. The van der Waals surface area contributed by atoms with Crippen LogP contribution in [0.3, 0.4) is 0 Å². The summed E-state index contributed by atoms with van der Waals surface area (Å²) in [5.74, 6) is 0.660. The van der Waals surface area contributed by atoms with Crippen molar-refractivity contribution in [2.45, 2.75) is 26.8 Å². The largest absolute Gasteiger partial charge is 0.480 e. The first kappa shape index (κ1) is 8.34. The minimum absolute atomic E-state index is 0. The fraction of sp³-hybridized carbons (Fsp3) is 0.714. The van der Waals surface area contributed by atoms with Gasteiger partial charge < -0.3 is 10.1 Å². The molecule has 0 atom stereocenters. The Hall–Kier alpha value is -0.660. The van der Waals surface area contributed by atoms with Crippen LogP contribution in [0.1, 0.15) is 22.2 Å². The molecule has 0 aromatic carbocycles. The van der Waals surface area contributed by atoms with E-state index in [-0.39, 0.29) is 1.43 Å². The third kappa shape index (κ3) is 5.21. The van der Waals surface area contributed by atoms with Crippen molar-refractivity contribution in [2.24, 2.45) is 0 Å². The minimum atomic E-state index is 0. The van der Waals surface area contributed by atoms with E-state index in [2.05, 4.69) is 11.9 Å². The van der Waals surface area contributed by atoms with Gasteiger partial charge in [0.25, 0.3) is 0 Å². The summed E-state index contributed by atoms with van der Waals surface area (Å²) in [7, 11) is 0. The SMILES string of the molecule is C=C(NC(C)C)OCC.[HH]. The molecule has 0 aliphatic carbocycles. The molecule has 0 saturated heterocycles. The van der Waals surface area contributed by atoms with E-state index in [0.29, 0.717) is 18.5 Å². The van der Waals surface area contributed by atoms with Crippen molar-refractivity contribution in [3.8, 4) is 0 Å². The van der Waals surface area contributed by atoms with Crippen molar-refractivity contribution in [1.82, 2.24) is 5.32 Å². The van der Waals surface area contributed by atoms with Crippen molar-refractivity contribution < 1.29 is 6.16 Å². The van der Waals surface area contributed by atoms with Crippen molar-refractivity contribution in [2.75, 3.05) is 6.61 Å². The Kier molecular flexibility index (Phi) is 3.93. The Morgan fingerprint density at radius 3 is 2.67 bits per heavy atom. The molecule has 0 unspecified atom stereocenters. The second-order valence-corrected chi connectivity index (χ2v) is 2.16. The zero-order valence-electron chi connectivity index (χ0n) is 6.40. The van der Waals surface area contributed by atoms with Crippen LogP contribution in [0.2, 0.25) is 0 Å². The van der Waals surface area contributed by atoms with Crippen LogP contribution in [-0.4, -0.2) is 12.6 Å². The summed E-state index contributed by atoms with van der Waals surface area (Å²) >= 11 is 0. The third-order valence-electron chi connectivity index (χ3n) is 0.768. The van der Waals surface area contributed by atoms with Crippen LogP contribution in [0.15, 0.2) is 12.5 Å². The van der Waals surface area contributed by atoms with Crippen molar-refractivity contribution in [3.05, 3.63) is 12.5 Å². The first-order chi connectivity index (χ1) is 4.16. The lowest BCUT2D eigenvalue weighted by molar-refractivity contribution is 0.202. The van der Waals surface area contributed by atoms with Gasteiger partial charge in [-0.3, -0.25) is 0 Å². The van der Waals surface area contributed by atoms with Crippen molar-refractivity contribution >= 4 is 0 Å². The van der Waals surface area contributed by atoms with E-state index >= 15 is 0 Å². The molecule has 2 heteroatoms. The molecule has 1 N–H and O–H groups in total. The molecule has 56 valence electrons. The molecule has 0 aliphatic rings. The molecule has 0 radical (unpaired) electrons. The number of rotatable bonds is 4. The second-order valence-electron chi connectivity index (χ2n) is 2.16. The van der Waals surface area contributed by atoms with Gasteiger partial charge in [0.05, 0.1) is 6.61 Å². The molecular formula is C7H17NO. The maximum absolute atomic E-state index is 5.05. The van der Waals surface area contributed by atoms with Gasteiger partial charge in [-0.2, -0.15) is 0 Å². The summed E-state index contributed by atoms with van der Waals surface area (Å²) in [5.41, 5.74) is 0. The summed E-state index contributed by atoms with van der Waals surface area (Å²) in [6.07, 6.45) is 0. The standard InChI is InChI=1S/C7H15NO.H2/c1-5-9-7(4)8-6(2)3;/h6,8H,4-5H2,1-3H3;1H. The molecule has 2 nitrogen and oxygen atoms in total. The third-order valence-corrected chi connectivity index (χ3v) is 0.768. The summed E-state index contributed by atoms with van der Waals surface area (Å²) in [4.78, 5) is 0. The van der Waals surface area contributed by atoms with Gasteiger partial charge in [-0.1, -0.05) is 0 Å². The highest BCUT2D eigenvalue weighted by Gasteiger charge is 1.93. The lowest BCUT2D eigenvalue weighted by Crippen LogP contribution is -2.22. The Bertz CT molecular complexity index is 93.6. The molecule has 0 aromatic rings. The maximum Gasteiger partial charge on any atom is 0.179 e. The molecule has 0 aromatic heterocycles. The van der Waals surface area contributed by atoms with Gasteiger partial charge in [0.15, 0.2) is 5.88 Å². The van der Waals surface area contributed by atoms with Crippen LogP contribution in [0, 0.1) is 0 Å². The highest BCUT2D eigenvalue weighted by Crippen LogP contribution is 1.89. The summed E-state index contributed by atoms with van der Waals surface area (Å²) in [6.45, 7) is 10.4. The van der Waals surface area contributed by atoms with Gasteiger partial charge >= 0.3 is 0 Å². The summed E-state index contributed by atoms with van der Waals surface area (Å²) in [6, 6.07) is 0.407. The predicted octanol–water partition coefficient (Wildman–Crippen LogP) is 1.74. The van der Waals surface area contributed by atoms with Crippen molar-refractivity contribution in [1.29, 1.82) is 0 Å². The number of nitrogens with one attached hydrogen (secondary N) is 1.